The minimum absolute atomic E-state index is 0.0484. The summed E-state index contributed by atoms with van der Waals surface area (Å²) >= 11 is 4.71. The fourth-order valence-electron chi connectivity index (χ4n) is 4.79. The van der Waals surface area contributed by atoms with Crippen molar-refractivity contribution in [2.24, 2.45) is 23.5 Å². The second-order valence-electron chi connectivity index (χ2n) is 6.53. The minimum Gasteiger partial charge on any atom is -0.392 e. The molecule has 4 bridgehead atoms. The normalized spacial score (nSPS) is 42.1. The first-order chi connectivity index (χ1) is 8.36. The van der Waals surface area contributed by atoms with Gasteiger partial charge in [-0.2, -0.15) is 0 Å². The van der Waals surface area contributed by atoms with Crippen molar-refractivity contribution in [2.75, 3.05) is 5.75 Å². The second-order valence-corrected chi connectivity index (χ2v) is 8.77. The molecule has 4 fully saturated rings. The molecule has 0 amide bonds. The summed E-state index contributed by atoms with van der Waals surface area (Å²) in [4.78, 5) is 0.0484. The lowest BCUT2D eigenvalue weighted by Crippen LogP contribution is -2.60. The summed E-state index contributed by atoms with van der Waals surface area (Å²) in [7, 11) is -3.36. The maximum Gasteiger partial charge on any atom is 0.218 e. The Kier molecular flexibility index (Phi) is 2.95. The summed E-state index contributed by atoms with van der Waals surface area (Å²) in [5, 5.41) is 0. The highest BCUT2D eigenvalue weighted by Gasteiger charge is 2.52. The Hall–Kier alpha value is -0.200. The van der Waals surface area contributed by atoms with Crippen LogP contribution in [0, 0.1) is 17.8 Å². The number of thiocarbonyl (C=S) groups is 1. The van der Waals surface area contributed by atoms with Crippen LogP contribution in [0.5, 0.6) is 0 Å². The molecule has 6 heteroatoms. The second kappa shape index (κ2) is 4.15. The molecule has 0 heterocycles. The van der Waals surface area contributed by atoms with Crippen LogP contribution in [0.15, 0.2) is 0 Å². The highest BCUT2D eigenvalue weighted by molar-refractivity contribution is 7.92. The first kappa shape index (κ1) is 12.8. The largest absolute Gasteiger partial charge is 0.392 e. The highest BCUT2D eigenvalue weighted by atomic mass is 32.2. The Bertz CT molecular complexity index is 437. The maximum absolute atomic E-state index is 12.0. The topological polar surface area (TPSA) is 72.2 Å². The van der Waals surface area contributed by atoms with Crippen molar-refractivity contribution in [3.63, 3.8) is 0 Å². The van der Waals surface area contributed by atoms with Gasteiger partial charge in [0, 0.05) is 5.54 Å². The molecule has 0 aromatic heterocycles. The lowest BCUT2D eigenvalue weighted by atomic mass is 9.53. The number of nitrogens with one attached hydrogen (secondary N) is 1. The molecule has 4 saturated carbocycles. The van der Waals surface area contributed by atoms with Gasteiger partial charge in [-0.25, -0.2) is 13.1 Å². The summed E-state index contributed by atoms with van der Waals surface area (Å²) in [5.41, 5.74) is 5.18. The smallest absolute Gasteiger partial charge is 0.218 e. The molecular formula is C12H20N2O2S2. The fraction of sp³-hybridized carbons (Fsp3) is 0.917. The van der Waals surface area contributed by atoms with Gasteiger partial charge < -0.3 is 5.73 Å². The van der Waals surface area contributed by atoms with Gasteiger partial charge >= 0.3 is 0 Å². The SMILES string of the molecule is NC(=S)CS(=O)(=O)NC12CC3CC(CC(C3)C1)C2. The average Bonchev–Trinajstić information content (AvgIpc) is 2.09. The average molecular weight is 288 g/mol. The van der Waals surface area contributed by atoms with Crippen LogP contribution in [0.4, 0.5) is 0 Å². The quantitative estimate of drug-likeness (QED) is 0.762. The molecule has 0 radical (unpaired) electrons. The van der Waals surface area contributed by atoms with E-state index in [0.29, 0.717) is 0 Å². The van der Waals surface area contributed by atoms with E-state index in [0.717, 1.165) is 37.0 Å². The summed E-state index contributed by atoms with van der Waals surface area (Å²) in [6.45, 7) is 0. The van der Waals surface area contributed by atoms with E-state index in [4.69, 9.17) is 18.0 Å². The lowest BCUT2D eigenvalue weighted by molar-refractivity contribution is -0.00804. The van der Waals surface area contributed by atoms with E-state index in [1.54, 1.807) is 0 Å². The molecule has 102 valence electrons. The predicted molar refractivity (Wildman–Crippen MR) is 74.6 cm³/mol. The van der Waals surface area contributed by atoms with Gasteiger partial charge in [-0.05, 0) is 56.3 Å². The number of sulfonamides is 1. The molecule has 0 saturated heterocycles. The number of hydrogen-bond acceptors (Lipinski definition) is 3. The molecule has 0 aromatic rings. The van der Waals surface area contributed by atoms with Gasteiger partial charge in [0.25, 0.3) is 0 Å². The van der Waals surface area contributed by atoms with Crippen molar-refractivity contribution in [1.29, 1.82) is 0 Å². The van der Waals surface area contributed by atoms with Crippen molar-refractivity contribution in [2.45, 2.75) is 44.1 Å². The number of nitrogens with two attached hydrogens (primary N) is 1. The van der Waals surface area contributed by atoms with Crippen molar-refractivity contribution >= 4 is 27.2 Å². The molecule has 4 aliphatic carbocycles. The van der Waals surface area contributed by atoms with Gasteiger partial charge in [0.05, 0.1) is 4.99 Å². The van der Waals surface area contributed by atoms with E-state index in [9.17, 15) is 8.42 Å². The summed E-state index contributed by atoms with van der Waals surface area (Å²) in [6.07, 6.45) is 6.93. The molecule has 3 N–H and O–H groups in total. The molecular weight excluding hydrogens is 268 g/mol. The van der Waals surface area contributed by atoms with E-state index in [2.05, 4.69) is 4.72 Å². The van der Waals surface area contributed by atoms with Crippen molar-refractivity contribution in [1.82, 2.24) is 4.72 Å². The van der Waals surface area contributed by atoms with Gasteiger partial charge in [0.15, 0.2) is 0 Å². The van der Waals surface area contributed by atoms with Crippen LogP contribution in [-0.2, 0) is 10.0 Å². The summed E-state index contributed by atoms with van der Waals surface area (Å²) in [6, 6.07) is 0. The molecule has 0 aliphatic heterocycles. The Morgan fingerprint density at radius 2 is 1.61 bits per heavy atom. The minimum atomic E-state index is -3.36. The third-order valence-corrected chi connectivity index (χ3v) is 6.50. The van der Waals surface area contributed by atoms with Crippen LogP contribution < -0.4 is 10.5 Å². The van der Waals surface area contributed by atoms with Crippen LogP contribution in [-0.4, -0.2) is 24.7 Å². The van der Waals surface area contributed by atoms with E-state index in [1.807, 2.05) is 0 Å². The first-order valence-electron chi connectivity index (χ1n) is 6.66. The molecule has 0 spiro atoms. The van der Waals surface area contributed by atoms with Gasteiger partial charge in [-0.3, -0.25) is 0 Å². The van der Waals surface area contributed by atoms with E-state index < -0.39 is 10.0 Å². The van der Waals surface area contributed by atoms with Gasteiger partial charge in [0.1, 0.15) is 5.75 Å². The van der Waals surface area contributed by atoms with Crippen molar-refractivity contribution in [3.8, 4) is 0 Å². The summed E-state index contributed by atoms with van der Waals surface area (Å²) in [5.74, 6) is 1.96. The molecule has 0 aromatic carbocycles. The van der Waals surface area contributed by atoms with Crippen LogP contribution in [0.2, 0.25) is 0 Å². The zero-order chi connectivity index (χ0) is 13.0. The maximum atomic E-state index is 12.0. The summed E-state index contributed by atoms with van der Waals surface area (Å²) < 4.78 is 27.0. The molecule has 18 heavy (non-hydrogen) atoms. The molecule has 4 nitrogen and oxygen atoms in total. The van der Waals surface area contributed by atoms with Crippen LogP contribution in [0.25, 0.3) is 0 Å². The number of rotatable bonds is 4. The fourth-order valence-corrected chi connectivity index (χ4v) is 6.61. The van der Waals surface area contributed by atoms with Gasteiger partial charge in [-0.1, -0.05) is 12.2 Å². The Balaban J connectivity index is 1.78. The number of hydrogen-bond donors (Lipinski definition) is 2. The molecule has 4 aliphatic rings. The molecule has 4 rings (SSSR count). The van der Waals surface area contributed by atoms with Crippen LogP contribution in [0.3, 0.4) is 0 Å². The highest BCUT2D eigenvalue weighted by Crippen LogP contribution is 2.55. The standard InChI is InChI=1S/C12H20N2O2S2/c13-11(17)7-18(15,16)14-12-4-8-1-9(5-12)3-10(2-8)6-12/h8-10,14H,1-7H2,(H2,13,17). The van der Waals surface area contributed by atoms with Crippen molar-refractivity contribution in [3.05, 3.63) is 0 Å². The Morgan fingerprint density at radius 1 is 1.17 bits per heavy atom. The monoisotopic (exact) mass is 288 g/mol. The predicted octanol–water partition coefficient (Wildman–Crippen LogP) is 1.16. The van der Waals surface area contributed by atoms with Crippen LogP contribution in [0.1, 0.15) is 38.5 Å². The molecule has 0 unspecified atom stereocenters. The Labute approximate surface area is 114 Å². The van der Waals surface area contributed by atoms with Crippen molar-refractivity contribution < 1.29 is 8.42 Å². The van der Waals surface area contributed by atoms with E-state index in [-0.39, 0.29) is 16.3 Å². The lowest BCUT2D eigenvalue weighted by Gasteiger charge is -2.56. The van der Waals surface area contributed by atoms with Gasteiger partial charge in [-0.15, -0.1) is 0 Å². The van der Waals surface area contributed by atoms with E-state index in [1.165, 1.54) is 19.3 Å². The Morgan fingerprint density at radius 3 is 2.00 bits per heavy atom. The van der Waals surface area contributed by atoms with Crippen LogP contribution >= 0.6 is 12.2 Å². The third kappa shape index (κ3) is 2.42. The van der Waals surface area contributed by atoms with Gasteiger partial charge in [0.2, 0.25) is 10.0 Å². The third-order valence-electron chi connectivity index (χ3n) is 4.74. The first-order valence-corrected chi connectivity index (χ1v) is 8.72. The molecule has 0 atom stereocenters. The van der Waals surface area contributed by atoms with E-state index >= 15 is 0 Å². The zero-order valence-corrected chi connectivity index (χ0v) is 12.0. The zero-order valence-electron chi connectivity index (χ0n) is 10.4.